The third-order valence-corrected chi connectivity index (χ3v) is 6.71. The molecule has 0 atom stereocenters. The van der Waals surface area contributed by atoms with E-state index >= 15 is 0 Å². The summed E-state index contributed by atoms with van der Waals surface area (Å²) in [7, 11) is 2.50. The first-order valence-corrected chi connectivity index (χ1v) is 12.6. The number of ketones is 2. The molecule has 4 aromatic carbocycles. The van der Waals surface area contributed by atoms with Gasteiger partial charge in [-0.1, -0.05) is 24.3 Å². The first-order valence-electron chi connectivity index (χ1n) is 12.6. The summed E-state index contributed by atoms with van der Waals surface area (Å²) < 4.78 is 9.33. The molecule has 5 rings (SSSR count). The Morgan fingerprint density at radius 3 is 1.17 bits per heavy atom. The van der Waals surface area contributed by atoms with E-state index < -0.39 is 35.3 Å². The fourth-order valence-electron chi connectivity index (χ4n) is 4.59. The Balaban J connectivity index is 1.42. The number of carbonyl (C=O) groups is 6. The van der Waals surface area contributed by atoms with Crippen molar-refractivity contribution in [2.75, 3.05) is 24.9 Å². The average molecular weight is 563 g/mol. The van der Waals surface area contributed by atoms with Gasteiger partial charge in [-0.3, -0.25) is 19.2 Å². The lowest BCUT2D eigenvalue weighted by Gasteiger charge is -2.22. The van der Waals surface area contributed by atoms with Crippen LogP contribution >= 0.6 is 0 Å². The topological polar surface area (TPSA) is 145 Å². The van der Waals surface area contributed by atoms with Crippen molar-refractivity contribution in [1.82, 2.24) is 0 Å². The Kier molecular flexibility index (Phi) is 7.44. The van der Waals surface area contributed by atoms with Gasteiger partial charge in [-0.2, -0.15) is 0 Å². The fourth-order valence-corrected chi connectivity index (χ4v) is 4.59. The molecule has 208 valence electrons. The van der Waals surface area contributed by atoms with E-state index in [-0.39, 0.29) is 55.9 Å². The van der Waals surface area contributed by atoms with E-state index in [1.807, 2.05) is 0 Å². The van der Waals surface area contributed by atoms with E-state index in [2.05, 4.69) is 20.1 Å². The molecule has 0 fully saturated rings. The summed E-state index contributed by atoms with van der Waals surface area (Å²) in [5, 5.41) is 5.37. The van der Waals surface area contributed by atoms with Gasteiger partial charge in [0, 0.05) is 22.3 Å². The Labute approximate surface area is 239 Å². The lowest BCUT2D eigenvalue weighted by molar-refractivity contribution is 0.0592. The molecule has 0 spiro atoms. The summed E-state index contributed by atoms with van der Waals surface area (Å²) >= 11 is 0. The molecule has 0 saturated carbocycles. The Hall–Kier alpha value is -5.90. The number of carbonyl (C=O) groups excluding carboxylic acids is 6. The minimum Gasteiger partial charge on any atom is -0.465 e. The highest BCUT2D eigenvalue weighted by atomic mass is 16.5. The molecule has 0 bridgehead atoms. The van der Waals surface area contributed by atoms with Crippen molar-refractivity contribution >= 4 is 46.7 Å². The fraction of sp³-hybridized carbons (Fsp3) is 0.0625. The van der Waals surface area contributed by atoms with Crippen LogP contribution in [0.1, 0.15) is 73.3 Å². The van der Waals surface area contributed by atoms with Crippen molar-refractivity contribution in [3.63, 3.8) is 0 Å². The number of rotatable bonds is 6. The summed E-state index contributed by atoms with van der Waals surface area (Å²) in [5.74, 6) is -3.21. The van der Waals surface area contributed by atoms with Crippen LogP contribution in [0.5, 0.6) is 0 Å². The molecule has 0 heterocycles. The van der Waals surface area contributed by atoms with Gasteiger partial charge in [0.25, 0.3) is 11.8 Å². The number of hydrogen-bond acceptors (Lipinski definition) is 8. The molecule has 10 nitrogen and oxygen atoms in total. The van der Waals surface area contributed by atoms with Gasteiger partial charge in [0.15, 0.2) is 11.6 Å². The largest absolute Gasteiger partial charge is 0.465 e. The quantitative estimate of drug-likeness (QED) is 0.287. The molecule has 2 N–H and O–H groups in total. The Bertz CT molecular complexity index is 1660. The lowest BCUT2D eigenvalue weighted by atomic mass is 9.82. The molecule has 0 saturated heterocycles. The van der Waals surface area contributed by atoms with Gasteiger partial charge in [0.1, 0.15) is 0 Å². The summed E-state index contributed by atoms with van der Waals surface area (Å²) in [6.07, 6.45) is 0. The van der Waals surface area contributed by atoms with Crippen molar-refractivity contribution in [2.24, 2.45) is 0 Å². The molecular formula is C32H22N2O8. The molecular weight excluding hydrogens is 540 g/mol. The second-order valence-corrected chi connectivity index (χ2v) is 9.16. The highest BCUT2D eigenvalue weighted by molar-refractivity contribution is 6.33. The van der Waals surface area contributed by atoms with Crippen LogP contribution in [0, 0.1) is 0 Å². The van der Waals surface area contributed by atoms with Crippen LogP contribution in [-0.4, -0.2) is 49.5 Å². The van der Waals surface area contributed by atoms with Crippen molar-refractivity contribution in [2.45, 2.75) is 0 Å². The number of esters is 2. The predicted octanol–water partition coefficient (Wildman–Crippen LogP) is 4.54. The second kappa shape index (κ2) is 11.3. The number of anilines is 2. The monoisotopic (exact) mass is 562 g/mol. The Morgan fingerprint density at radius 1 is 0.500 bits per heavy atom. The van der Waals surface area contributed by atoms with Gasteiger partial charge < -0.3 is 20.1 Å². The second-order valence-electron chi connectivity index (χ2n) is 9.16. The molecule has 1 aliphatic carbocycles. The lowest BCUT2D eigenvalue weighted by Crippen LogP contribution is -2.26. The van der Waals surface area contributed by atoms with E-state index in [0.717, 1.165) is 0 Å². The third kappa shape index (κ3) is 5.04. The minimum atomic E-state index is -0.551. The highest BCUT2D eigenvalue weighted by Gasteiger charge is 2.34. The maximum Gasteiger partial charge on any atom is 0.337 e. The number of amides is 2. The smallest absolute Gasteiger partial charge is 0.337 e. The van der Waals surface area contributed by atoms with Gasteiger partial charge in [-0.25, -0.2) is 9.59 Å². The predicted molar refractivity (Wildman–Crippen MR) is 151 cm³/mol. The first kappa shape index (κ1) is 27.7. The summed E-state index contributed by atoms with van der Waals surface area (Å²) in [5.41, 5.74) is 1.44. The number of ether oxygens (including phenoxy) is 2. The van der Waals surface area contributed by atoms with E-state index in [9.17, 15) is 28.8 Å². The zero-order valence-electron chi connectivity index (χ0n) is 22.3. The Morgan fingerprint density at radius 2 is 0.833 bits per heavy atom. The van der Waals surface area contributed by atoms with E-state index in [1.165, 1.54) is 99.1 Å². The van der Waals surface area contributed by atoms with Crippen LogP contribution in [-0.2, 0) is 9.47 Å². The van der Waals surface area contributed by atoms with Gasteiger partial charge in [-0.05, 0) is 60.7 Å². The van der Waals surface area contributed by atoms with E-state index in [1.54, 1.807) is 0 Å². The SMILES string of the molecule is COC(=O)c1ccc(C(=O)Nc2cccc3c2C(=O)c2cccc(NC(=O)c4ccc(C(=O)OC)cc4)c2C3=O)cc1. The average Bonchev–Trinajstić information content (AvgIpc) is 3.02. The van der Waals surface area contributed by atoms with Crippen LogP contribution in [0.3, 0.4) is 0 Å². The zero-order chi connectivity index (χ0) is 30.0. The van der Waals surface area contributed by atoms with Crippen LogP contribution in [0.25, 0.3) is 0 Å². The van der Waals surface area contributed by atoms with Crippen LogP contribution < -0.4 is 10.6 Å². The zero-order valence-corrected chi connectivity index (χ0v) is 22.3. The van der Waals surface area contributed by atoms with E-state index in [0.29, 0.717) is 0 Å². The van der Waals surface area contributed by atoms with Crippen molar-refractivity contribution in [1.29, 1.82) is 0 Å². The van der Waals surface area contributed by atoms with Gasteiger partial charge in [0.05, 0.1) is 47.8 Å². The summed E-state index contributed by atoms with van der Waals surface area (Å²) in [4.78, 5) is 76.7. The molecule has 0 aliphatic heterocycles. The van der Waals surface area contributed by atoms with Crippen molar-refractivity contribution in [3.05, 3.63) is 129 Å². The molecule has 1 aliphatic rings. The van der Waals surface area contributed by atoms with Crippen LogP contribution in [0.4, 0.5) is 11.4 Å². The van der Waals surface area contributed by atoms with Crippen LogP contribution in [0.15, 0.2) is 84.9 Å². The normalized spacial score (nSPS) is 11.6. The number of benzene rings is 4. The molecule has 4 aromatic rings. The van der Waals surface area contributed by atoms with Crippen LogP contribution in [0.2, 0.25) is 0 Å². The molecule has 2 amide bonds. The maximum absolute atomic E-state index is 13.7. The minimum absolute atomic E-state index is 0.0245. The molecule has 0 unspecified atom stereocenters. The third-order valence-electron chi connectivity index (χ3n) is 6.71. The molecule has 10 heteroatoms. The highest BCUT2D eigenvalue weighted by Crippen LogP contribution is 2.35. The maximum atomic E-state index is 13.7. The number of nitrogens with one attached hydrogen (secondary N) is 2. The summed E-state index contributed by atoms with van der Waals surface area (Å²) in [6.45, 7) is 0. The van der Waals surface area contributed by atoms with Gasteiger partial charge in [0.2, 0.25) is 0 Å². The summed E-state index contributed by atoms with van der Waals surface area (Å²) in [6, 6.07) is 20.6. The molecule has 0 aromatic heterocycles. The molecule has 0 radical (unpaired) electrons. The first-order chi connectivity index (χ1) is 20.2. The van der Waals surface area contributed by atoms with Gasteiger partial charge in [-0.15, -0.1) is 0 Å². The van der Waals surface area contributed by atoms with E-state index in [4.69, 9.17) is 0 Å². The van der Waals surface area contributed by atoms with Crippen molar-refractivity contribution < 1.29 is 38.2 Å². The molecule has 42 heavy (non-hydrogen) atoms. The number of methoxy groups -OCH3 is 2. The number of fused-ring (bicyclic) bond motifs is 2. The van der Waals surface area contributed by atoms with Gasteiger partial charge >= 0.3 is 11.9 Å². The number of hydrogen-bond donors (Lipinski definition) is 2. The standard InChI is InChI=1S/C32H22N2O8/c1-41-31(39)19-13-9-17(10-14-19)29(37)33-23-7-3-5-21-25(23)27(35)22-6-4-8-24(26(22)28(21)36)34-30(38)18-11-15-20(16-12-18)32(40)42-2/h3-16H,1-2H3,(H,33,37)(H,34,38). The van der Waals surface area contributed by atoms with Crippen molar-refractivity contribution in [3.8, 4) is 0 Å².